The summed E-state index contributed by atoms with van der Waals surface area (Å²) in [6.07, 6.45) is 0. The molecule has 2 heterocycles. The van der Waals surface area contributed by atoms with Gasteiger partial charge in [-0.15, -0.1) is 0 Å². The van der Waals surface area contributed by atoms with E-state index in [1.165, 1.54) is 11.1 Å². The molecule has 0 saturated heterocycles. The lowest BCUT2D eigenvalue weighted by Gasteiger charge is -2.51. The standard InChI is InChI=1S/C26H27BrN2O2S/c1-16-9-11-18(12-10-16)32(30,31)29-15-21-24(19-7-5-6-8-23(19)29)28-25-20(26(21,3)4)13-17(2)14-22(25)27/h5-14,21,24,28H,15H2,1-4H3/t21-,24-/m1/s1. The molecular weight excluding hydrogens is 484 g/mol. The molecular formula is C26H27BrN2O2S. The second kappa shape index (κ2) is 7.35. The van der Waals surface area contributed by atoms with Crippen LogP contribution in [-0.4, -0.2) is 15.0 Å². The van der Waals surface area contributed by atoms with E-state index in [-0.39, 0.29) is 17.4 Å². The minimum atomic E-state index is -3.69. The molecule has 4 nitrogen and oxygen atoms in total. The molecule has 3 aromatic carbocycles. The van der Waals surface area contributed by atoms with Gasteiger partial charge in [-0.25, -0.2) is 8.42 Å². The topological polar surface area (TPSA) is 49.4 Å². The number of rotatable bonds is 2. The predicted molar refractivity (Wildman–Crippen MR) is 134 cm³/mol. The summed E-state index contributed by atoms with van der Waals surface area (Å²) >= 11 is 3.75. The summed E-state index contributed by atoms with van der Waals surface area (Å²) < 4.78 is 30.3. The van der Waals surface area contributed by atoms with Gasteiger partial charge in [-0.1, -0.05) is 55.8 Å². The molecule has 0 aliphatic carbocycles. The molecule has 0 saturated carbocycles. The molecule has 0 unspecified atom stereocenters. The first-order valence-corrected chi connectivity index (χ1v) is 13.1. The number of sulfonamides is 1. The van der Waals surface area contributed by atoms with Crippen molar-refractivity contribution in [1.82, 2.24) is 0 Å². The molecule has 0 radical (unpaired) electrons. The van der Waals surface area contributed by atoms with Crippen molar-refractivity contribution >= 4 is 37.3 Å². The van der Waals surface area contributed by atoms with E-state index in [9.17, 15) is 8.42 Å². The molecule has 166 valence electrons. The lowest BCUT2D eigenvalue weighted by Crippen LogP contribution is -2.52. The van der Waals surface area contributed by atoms with Crippen LogP contribution in [0, 0.1) is 19.8 Å². The Morgan fingerprint density at radius 2 is 1.69 bits per heavy atom. The molecule has 2 atom stereocenters. The molecule has 0 bridgehead atoms. The van der Waals surface area contributed by atoms with Gasteiger partial charge in [-0.05, 0) is 76.1 Å². The van der Waals surface area contributed by atoms with Crippen molar-refractivity contribution in [2.75, 3.05) is 16.2 Å². The zero-order valence-corrected chi connectivity index (χ0v) is 21.1. The fraction of sp³-hybridized carbons (Fsp3) is 0.308. The molecule has 0 amide bonds. The van der Waals surface area contributed by atoms with E-state index in [2.05, 4.69) is 60.2 Å². The Balaban J connectivity index is 1.68. The summed E-state index contributed by atoms with van der Waals surface area (Å²) in [5.41, 5.74) is 6.09. The highest BCUT2D eigenvalue weighted by Gasteiger charge is 2.49. The Hall–Kier alpha value is -2.31. The van der Waals surface area contributed by atoms with Crippen LogP contribution >= 0.6 is 15.9 Å². The predicted octanol–water partition coefficient (Wildman–Crippen LogP) is 6.34. The third kappa shape index (κ3) is 3.19. The third-order valence-electron chi connectivity index (χ3n) is 7.07. The summed E-state index contributed by atoms with van der Waals surface area (Å²) in [6.45, 7) is 8.95. The molecule has 0 spiro atoms. The van der Waals surface area contributed by atoms with Crippen LogP contribution in [0.2, 0.25) is 0 Å². The largest absolute Gasteiger partial charge is 0.377 e. The monoisotopic (exact) mass is 510 g/mol. The van der Waals surface area contributed by atoms with Gasteiger partial charge in [0, 0.05) is 16.9 Å². The van der Waals surface area contributed by atoms with Gasteiger partial charge >= 0.3 is 0 Å². The Bertz CT molecular complexity index is 1320. The highest BCUT2D eigenvalue weighted by Crippen LogP contribution is 2.55. The van der Waals surface area contributed by atoms with Gasteiger partial charge in [0.25, 0.3) is 10.0 Å². The van der Waals surface area contributed by atoms with Crippen molar-refractivity contribution in [1.29, 1.82) is 0 Å². The summed E-state index contributed by atoms with van der Waals surface area (Å²) in [7, 11) is -3.69. The number of hydrogen-bond acceptors (Lipinski definition) is 3. The van der Waals surface area contributed by atoms with Gasteiger partial charge < -0.3 is 5.32 Å². The number of nitrogens with one attached hydrogen (secondary N) is 1. The minimum absolute atomic E-state index is 0.0252. The van der Waals surface area contributed by atoms with Crippen LogP contribution in [0.15, 0.2) is 70.0 Å². The summed E-state index contributed by atoms with van der Waals surface area (Å²) in [6, 6.07) is 19.4. The maximum absolute atomic E-state index is 13.8. The number of fused-ring (bicyclic) bond motifs is 4. The maximum Gasteiger partial charge on any atom is 0.264 e. The van der Waals surface area contributed by atoms with Crippen molar-refractivity contribution in [3.8, 4) is 0 Å². The molecule has 2 aliphatic rings. The molecule has 6 heteroatoms. The highest BCUT2D eigenvalue weighted by atomic mass is 79.9. The summed E-state index contributed by atoms with van der Waals surface area (Å²) in [5, 5.41) is 3.76. The number of anilines is 2. The molecule has 2 aliphatic heterocycles. The van der Waals surface area contributed by atoms with Crippen LogP contribution in [0.5, 0.6) is 0 Å². The van der Waals surface area contributed by atoms with E-state index in [0.29, 0.717) is 11.4 Å². The number of halogens is 1. The molecule has 0 aromatic heterocycles. The third-order valence-corrected chi connectivity index (χ3v) is 9.49. The maximum atomic E-state index is 13.8. The SMILES string of the molecule is Cc1ccc(S(=O)(=O)N2C[C@@H]3[C@H](Nc4c(Br)cc(C)cc4C3(C)C)c3ccccc32)cc1. The van der Waals surface area contributed by atoms with Crippen molar-refractivity contribution in [3.05, 3.63) is 87.4 Å². The van der Waals surface area contributed by atoms with Gasteiger partial charge in [0.1, 0.15) is 0 Å². The zero-order chi connectivity index (χ0) is 22.8. The van der Waals surface area contributed by atoms with Crippen LogP contribution in [0.4, 0.5) is 11.4 Å². The van der Waals surface area contributed by atoms with Crippen molar-refractivity contribution < 1.29 is 8.42 Å². The highest BCUT2D eigenvalue weighted by molar-refractivity contribution is 9.10. The number of aryl methyl sites for hydroxylation is 2. The van der Waals surface area contributed by atoms with Crippen LogP contribution < -0.4 is 9.62 Å². The van der Waals surface area contributed by atoms with Crippen molar-refractivity contribution in [2.45, 2.75) is 44.0 Å². The van der Waals surface area contributed by atoms with E-state index >= 15 is 0 Å². The molecule has 1 N–H and O–H groups in total. The second-order valence-corrected chi connectivity index (χ2v) is 12.2. The van der Waals surface area contributed by atoms with Crippen LogP contribution in [0.25, 0.3) is 0 Å². The lowest BCUT2D eigenvalue weighted by molar-refractivity contribution is 0.269. The van der Waals surface area contributed by atoms with E-state index < -0.39 is 10.0 Å². The molecule has 3 aromatic rings. The average Bonchev–Trinajstić information content (AvgIpc) is 2.74. The summed E-state index contributed by atoms with van der Waals surface area (Å²) in [5.74, 6) is 0.0684. The van der Waals surface area contributed by atoms with Gasteiger partial charge in [-0.2, -0.15) is 0 Å². The zero-order valence-electron chi connectivity index (χ0n) is 18.7. The average molecular weight is 511 g/mol. The van der Waals surface area contributed by atoms with Gasteiger partial charge in [-0.3, -0.25) is 4.31 Å². The van der Waals surface area contributed by atoms with Gasteiger partial charge in [0.2, 0.25) is 0 Å². The van der Waals surface area contributed by atoms with Crippen LogP contribution in [-0.2, 0) is 15.4 Å². The first-order valence-electron chi connectivity index (χ1n) is 10.9. The molecule has 5 rings (SSSR count). The Kier molecular flexibility index (Phi) is 4.95. The van der Waals surface area contributed by atoms with E-state index in [4.69, 9.17) is 0 Å². The smallest absolute Gasteiger partial charge is 0.264 e. The summed E-state index contributed by atoms with van der Waals surface area (Å²) in [4.78, 5) is 0.330. The molecule has 0 fully saturated rings. The van der Waals surface area contributed by atoms with Crippen molar-refractivity contribution in [2.24, 2.45) is 5.92 Å². The number of para-hydroxylation sites is 1. The molecule has 32 heavy (non-hydrogen) atoms. The van der Waals surface area contributed by atoms with Gasteiger partial charge in [0.05, 0.1) is 22.3 Å². The first kappa shape index (κ1) is 21.5. The fourth-order valence-corrected chi connectivity index (χ4v) is 7.42. The minimum Gasteiger partial charge on any atom is -0.377 e. The van der Waals surface area contributed by atoms with Crippen LogP contribution in [0.3, 0.4) is 0 Å². The van der Waals surface area contributed by atoms with E-state index in [1.54, 1.807) is 16.4 Å². The van der Waals surface area contributed by atoms with E-state index in [0.717, 1.165) is 27.0 Å². The Morgan fingerprint density at radius 1 is 1.00 bits per heavy atom. The number of hydrogen-bond donors (Lipinski definition) is 1. The lowest BCUT2D eigenvalue weighted by atomic mass is 9.64. The Morgan fingerprint density at radius 3 is 2.41 bits per heavy atom. The van der Waals surface area contributed by atoms with Gasteiger partial charge in [0.15, 0.2) is 0 Å². The van der Waals surface area contributed by atoms with Crippen LogP contribution in [0.1, 0.15) is 42.1 Å². The quantitative estimate of drug-likeness (QED) is 0.437. The van der Waals surface area contributed by atoms with E-state index in [1.807, 2.05) is 37.3 Å². The van der Waals surface area contributed by atoms with Crippen molar-refractivity contribution in [3.63, 3.8) is 0 Å². The fourth-order valence-electron chi connectivity index (χ4n) is 5.22. The second-order valence-electron chi connectivity index (χ2n) is 9.53. The normalized spacial score (nSPS) is 21.2. The number of nitrogens with zero attached hydrogens (tertiary/aromatic N) is 1. The number of benzene rings is 3. The first-order chi connectivity index (χ1) is 15.1. The Labute approximate surface area is 198 Å².